The van der Waals surface area contributed by atoms with E-state index in [0.29, 0.717) is 5.88 Å². The zero-order valence-electron chi connectivity index (χ0n) is 8.69. The number of allylic oxidation sites excluding steroid dienone is 1. The molecule has 1 atom stereocenters. The van der Waals surface area contributed by atoms with Gasteiger partial charge in [-0.2, -0.15) is 0 Å². The van der Waals surface area contributed by atoms with Crippen LogP contribution in [0.1, 0.15) is 45.4 Å². The largest absolute Gasteiger partial charge is 0.126 e. The van der Waals surface area contributed by atoms with Crippen LogP contribution in [-0.2, 0) is 0 Å². The molecule has 0 aromatic rings. The summed E-state index contributed by atoms with van der Waals surface area (Å²) in [5, 5.41) is 0. The van der Waals surface area contributed by atoms with E-state index in [-0.39, 0.29) is 5.41 Å². The lowest BCUT2D eigenvalue weighted by atomic mass is 9.76. The second-order valence-electron chi connectivity index (χ2n) is 4.70. The summed E-state index contributed by atoms with van der Waals surface area (Å²) in [5.41, 5.74) is 0.170. The quantitative estimate of drug-likeness (QED) is 0.467. The van der Waals surface area contributed by atoms with Gasteiger partial charge in [0.05, 0.1) is 0 Å². The van der Waals surface area contributed by atoms with Crippen molar-refractivity contribution in [3.63, 3.8) is 0 Å². The number of hydrogen-bond donors (Lipinski definition) is 0. The Hall–Kier alpha value is 0.0300. The van der Waals surface area contributed by atoms with Gasteiger partial charge in [0.1, 0.15) is 0 Å². The first kappa shape index (κ1) is 11.1. The molecule has 1 aliphatic rings. The summed E-state index contributed by atoms with van der Waals surface area (Å²) in [4.78, 5) is 0. The Labute approximate surface area is 87.4 Å². The molecule has 0 aromatic carbocycles. The van der Waals surface area contributed by atoms with E-state index in [1.165, 1.54) is 38.5 Å². The van der Waals surface area contributed by atoms with Gasteiger partial charge in [-0.15, -0.1) is 18.2 Å². The minimum Gasteiger partial charge on any atom is -0.126 e. The van der Waals surface area contributed by atoms with Crippen LogP contribution in [0.2, 0.25) is 0 Å². The molecule has 1 fully saturated rings. The van der Waals surface area contributed by atoms with Crippen LogP contribution in [0, 0.1) is 11.3 Å². The molecule has 0 spiro atoms. The van der Waals surface area contributed by atoms with Crippen LogP contribution in [0.25, 0.3) is 0 Å². The molecule has 1 saturated carbocycles. The predicted molar refractivity (Wildman–Crippen MR) is 60.2 cm³/mol. The lowest BCUT2D eigenvalue weighted by Crippen LogP contribution is -2.21. The molecule has 1 aliphatic carbocycles. The Kier molecular flexibility index (Phi) is 4.31. The molecule has 13 heavy (non-hydrogen) atoms. The SMILES string of the molecule is C=CC(C)(CCl)CC1CCCCC1. The molecular weight excluding hydrogens is 180 g/mol. The Balaban J connectivity index is 2.40. The lowest BCUT2D eigenvalue weighted by molar-refractivity contribution is 0.266. The third-order valence-corrected chi connectivity index (χ3v) is 3.89. The van der Waals surface area contributed by atoms with Crippen molar-refractivity contribution in [2.45, 2.75) is 45.4 Å². The molecule has 0 aromatic heterocycles. The molecular formula is C12H21Cl. The van der Waals surface area contributed by atoms with Crippen molar-refractivity contribution in [3.05, 3.63) is 12.7 Å². The highest BCUT2D eigenvalue weighted by Gasteiger charge is 2.25. The third-order valence-electron chi connectivity index (χ3n) is 3.28. The minimum atomic E-state index is 0.170. The molecule has 0 N–H and O–H groups in total. The number of alkyl halides is 1. The minimum absolute atomic E-state index is 0.170. The van der Waals surface area contributed by atoms with Gasteiger partial charge in [-0.25, -0.2) is 0 Å². The van der Waals surface area contributed by atoms with Crippen molar-refractivity contribution in [2.75, 3.05) is 5.88 Å². The summed E-state index contributed by atoms with van der Waals surface area (Å²) in [5.74, 6) is 1.61. The third kappa shape index (κ3) is 3.34. The summed E-state index contributed by atoms with van der Waals surface area (Å²) < 4.78 is 0. The van der Waals surface area contributed by atoms with Gasteiger partial charge < -0.3 is 0 Å². The normalized spacial score (nSPS) is 23.8. The van der Waals surface area contributed by atoms with E-state index in [1.54, 1.807) is 0 Å². The molecule has 0 saturated heterocycles. The van der Waals surface area contributed by atoms with E-state index in [9.17, 15) is 0 Å². The van der Waals surface area contributed by atoms with E-state index < -0.39 is 0 Å². The van der Waals surface area contributed by atoms with Gasteiger partial charge in [-0.3, -0.25) is 0 Å². The van der Waals surface area contributed by atoms with Crippen molar-refractivity contribution in [2.24, 2.45) is 11.3 Å². The number of halogens is 1. The summed E-state index contributed by atoms with van der Waals surface area (Å²) >= 11 is 5.96. The predicted octanol–water partition coefficient (Wildman–Crippen LogP) is 4.39. The van der Waals surface area contributed by atoms with Crippen LogP contribution in [0.3, 0.4) is 0 Å². The second kappa shape index (κ2) is 5.05. The van der Waals surface area contributed by atoms with Crippen LogP contribution >= 0.6 is 11.6 Å². The maximum atomic E-state index is 5.96. The average Bonchev–Trinajstić information content (AvgIpc) is 2.19. The van der Waals surface area contributed by atoms with Gasteiger partial charge in [0.25, 0.3) is 0 Å². The van der Waals surface area contributed by atoms with Gasteiger partial charge in [-0.1, -0.05) is 45.1 Å². The van der Waals surface area contributed by atoms with Gasteiger partial charge >= 0.3 is 0 Å². The molecule has 0 nitrogen and oxygen atoms in total. The van der Waals surface area contributed by atoms with E-state index >= 15 is 0 Å². The molecule has 0 radical (unpaired) electrons. The summed E-state index contributed by atoms with van der Waals surface area (Å²) in [6, 6.07) is 0. The van der Waals surface area contributed by atoms with Crippen molar-refractivity contribution in [3.8, 4) is 0 Å². The number of rotatable bonds is 4. The molecule has 1 rings (SSSR count). The fraction of sp³-hybridized carbons (Fsp3) is 0.833. The van der Waals surface area contributed by atoms with Gasteiger partial charge in [0, 0.05) is 5.88 Å². The van der Waals surface area contributed by atoms with Crippen molar-refractivity contribution in [1.82, 2.24) is 0 Å². The van der Waals surface area contributed by atoms with E-state index in [0.717, 1.165) is 5.92 Å². The lowest BCUT2D eigenvalue weighted by Gasteiger charge is -2.30. The van der Waals surface area contributed by atoms with E-state index in [4.69, 9.17) is 11.6 Å². The van der Waals surface area contributed by atoms with Crippen molar-refractivity contribution < 1.29 is 0 Å². The highest BCUT2D eigenvalue weighted by molar-refractivity contribution is 6.18. The Bertz CT molecular complexity index is 159. The maximum Gasteiger partial charge on any atom is 0.0311 e. The Morgan fingerprint density at radius 3 is 2.46 bits per heavy atom. The molecule has 0 amide bonds. The average molecular weight is 201 g/mol. The molecule has 0 bridgehead atoms. The van der Waals surface area contributed by atoms with Crippen molar-refractivity contribution in [1.29, 1.82) is 0 Å². The fourth-order valence-electron chi connectivity index (χ4n) is 2.24. The highest BCUT2D eigenvalue weighted by Crippen LogP contribution is 2.35. The van der Waals surface area contributed by atoms with Crippen LogP contribution in [-0.4, -0.2) is 5.88 Å². The van der Waals surface area contributed by atoms with E-state index in [2.05, 4.69) is 13.5 Å². The highest BCUT2D eigenvalue weighted by atomic mass is 35.5. The fourth-order valence-corrected chi connectivity index (χ4v) is 2.46. The monoisotopic (exact) mass is 200 g/mol. The first-order valence-corrected chi connectivity index (χ1v) is 5.93. The molecule has 0 aliphatic heterocycles. The number of hydrogen-bond acceptors (Lipinski definition) is 0. The van der Waals surface area contributed by atoms with Gasteiger partial charge in [0.2, 0.25) is 0 Å². The zero-order chi connectivity index (χ0) is 9.73. The summed E-state index contributed by atoms with van der Waals surface area (Å²) in [7, 11) is 0. The topological polar surface area (TPSA) is 0 Å². The Morgan fingerprint density at radius 2 is 2.00 bits per heavy atom. The second-order valence-corrected chi connectivity index (χ2v) is 4.97. The maximum absolute atomic E-state index is 5.96. The van der Waals surface area contributed by atoms with Crippen LogP contribution in [0.5, 0.6) is 0 Å². The van der Waals surface area contributed by atoms with Crippen LogP contribution in [0.15, 0.2) is 12.7 Å². The van der Waals surface area contributed by atoms with Gasteiger partial charge in [-0.05, 0) is 17.8 Å². The Morgan fingerprint density at radius 1 is 1.38 bits per heavy atom. The van der Waals surface area contributed by atoms with Gasteiger partial charge in [0.15, 0.2) is 0 Å². The van der Waals surface area contributed by atoms with Crippen molar-refractivity contribution >= 4 is 11.6 Å². The molecule has 76 valence electrons. The summed E-state index contributed by atoms with van der Waals surface area (Å²) in [6.07, 6.45) is 10.3. The first-order valence-electron chi connectivity index (χ1n) is 5.40. The van der Waals surface area contributed by atoms with Crippen LogP contribution < -0.4 is 0 Å². The first-order chi connectivity index (χ1) is 6.20. The standard InChI is InChI=1S/C12H21Cl/c1-3-12(2,10-13)9-11-7-5-4-6-8-11/h3,11H,1,4-10H2,2H3. The zero-order valence-corrected chi connectivity index (χ0v) is 9.45. The van der Waals surface area contributed by atoms with E-state index in [1.807, 2.05) is 6.08 Å². The molecule has 0 heterocycles. The van der Waals surface area contributed by atoms with Crippen LogP contribution in [0.4, 0.5) is 0 Å². The smallest absolute Gasteiger partial charge is 0.0311 e. The summed E-state index contributed by atoms with van der Waals surface area (Å²) in [6.45, 7) is 6.11. The molecule has 1 unspecified atom stereocenters. The molecule has 1 heteroatoms.